The van der Waals surface area contributed by atoms with Crippen molar-refractivity contribution < 1.29 is 14.3 Å². The van der Waals surface area contributed by atoms with E-state index in [0.717, 1.165) is 18.6 Å². The zero-order valence-electron chi connectivity index (χ0n) is 8.72. The predicted octanol–water partition coefficient (Wildman–Crippen LogP) is 0.490. The number of morpholine rings is 1. The molecule has 0 aliphatic carbocycles. The molecule has 0 bridgehead atoms. The monoisotopic (exact) mass is 223 g/mol. The lowest BCUT2D eigenvalue weighted by Crippen LogP contribution is -2.43. The van der Waals surface area contributed by atoms with Crippen molar-refractivity contribution in [2.24, 2.45) is 0 Å². The van der Waals surface area contributed by atoms with Gasteiger partial charge in [0.25, 0.3) is 0 Å². The first-order valence-corrected chi connectivity index (χ1v) is 5.18. The van der Waals surface area contributed by atoms with Gasteiger partial charge < -0.3 is 25.0 Å². The smallest absolute Gasteiger partial charge is 0.308 e. The number of aromatic hydroxyl groups is 1. The lowest BCUT2D eigenvalue weighted by molar-refractivity contribution is 0.112. The predicted molar refractivity (Wildman–Crippen MR) is 59.1 cm³/mol. The minimum absolute atomic E-state index is 0.215. The largest absolute Gasteiger partial charge is 0.479 e. The van der Waals surface area contributed by atoms with Crippen molar-refractivity contribution in [3.63, 3.8) is 0 Å². The summed E-state index contributed by atoms with van der Waals surface area (Å²) in [6.45, 7) is 3.00. The first kappa shape index (κ1) is 9.41. The quantitative estimate of drug-likeness (QED) is 0.735. The maximum Gasteiger partial charge on any atom is 0.308 e. The van der Waals surface area contributed by atoms with E-state index in [1.807, 2.05) is 10.9 Å². The van der Waals surface area contributed by atoms with Crippen molar-refractivity contribution in [3.05, 3.63) is 12.3 Å². The molecule has 6 nitrogen and oxygen atoms in total. The van der Waals surface area contributed by atoms with Crippen LogP contribution in [0.25, 0.3) is 11.1 Å². The molecule has 0 saturated carbocycles. The van der Waals surface area contributed by atoms with E-state index in [1.165, 1.54) is 0 Å². The number of anilines is 1. The Labute approximate surface area is 91.8 Å². The summed E-state index contributed by atoms with van der Waals surface area (Å²) in [6.07, 6.45) is 1.88. The second-order valence-electron chi connectivity index (χ2n) is 3.76. The molecule has 0 unspecified atom stereocenters. The molecular weight excluding hydrogens is 210 g/mol. The molecule has 1 aliphatic rings. The molecule has 3 rings (SSSR count). The van der Waals surface area contributed by atoms with Crippen LogP contribution in [0.15, 0.2) is 16.7 Å². The first-order valence-electron chi connectivity index (χ1n) is 5.18. The van der Waals surface area contributed by atoms with Crippen LogP contribution in [0.1, 0.15) is 0 Å². The highest BCUT2D eigenvalue weighted by molar-refractivity contribution is 5.90. The number of fused-ring (bicyclic) bond motifs is 1. The zero-order valence-corrected chi connectivity index (χ0v) is 8.72. The number of hydrogen-bond donors (Lipinski definition) is 2. The Balaban J connectivity index is 2.08. The van der Waals surface area contributed by atoms with Gasteiger partial charge in [-0.2, -0.15) is 0 Å². The lowest BCUT2D eigenvalue weighted by Gasteiger charge is -2.30. The lowest BCUT2D eigenvalue weighted by atomic mass is 10.4. The van der Waals surface area contributed by atoms with Crippen LogP contribution in [-0.4, -0.2) is 36.1 Å². The highest BCUT2D eigenvalue weighted by atomic mass is 16.5. The second-order valence-corrected chi connectivity index (χ2v) is 3.76. The van der Waals surface area contributed by atoms with E-state index >= 15 is 0 Å². The Morgan fingerprint density at radius 1 is 1.31 bits per heavy atom. The van der Waals surface area contributed by atoms with E-state index in [0.29, 0.717) is 18.8 Å². The van der Waals surface area contributed by atoms with Crippen LogP contribution < -0.4 is 10.7 Å². The van der Waals surface area contributed by atoms with Crippen LogP contribution in [0.2, 0.25) is 0 Å². The average Bonchev–Trinajstić information content (AvgIpc) is 2.83. The number of nitrogens with two attached hydrogens (primary N) is 1. The van der Waals surface area contributed by atoms with Gasteiger partial charge in [-0.3, -0.25) is 4.68 Å². The van der Waals surface area contributed by atoms with Crippen molar-refractivity contribution in [1.29, 1.82) is 0 Å². The van der Waals surface area contributed by atoms with Gasteiger partial charge in [0, 0.05) is 12.3 Å². The molecule has 1 saturated heterocycles. The Kier molecular flexibility index (Phi) is 1.97. The van der Waals surface area contributed by atoms with E-state index in [2.05, 4.69) is 5.01 Å². The third-order valence-corrected chi connectivity index (χ3v) is 2.81. The van der Waals surface area contributed by atoms with Crippen LogP contribution in [0.3, 0.4) is 0 Å². The summed E-state index contributed by atoms with van der Waals surface area (Å²) in [5.74, 6) is -0.215. The summed E-state index contributed by atoms with van der Waals surface area (Å²) in [5, 5.41) is 11.5. The molecule has 2 aromatic heterocycles. The summed E-state index contributed by atoms with van der Waals surface area (Å²) >= 11 is 0. The SMILES string of the molecule is Nc1c(O)oc2ccn(N3CCOCC3)c12. The zero-order chi connectivity index (χ0) is 11.1. The first-order chi connectivity index (χ1) is 7.77. The average molecular weight is 223 g/mol. The minimum atomic E-state index is -0.215. The molecule has 0 amide bonds. The Morgan fingerprint density at radius 3 is 2.81 bits per heavy atom. The Bertz CT molecular complexity index is 511. The molecule has 3 N–H and O–H groups in total. The molecule has 1 aliphatic heterocycles. The molecule has 86 valence electrons. The Morgan fingerprint density at radius 2 is 2.06 bits per heavy atom. The van der Waals surface area contributed by atoms with Gasteiger partial charge in [0.1, 0.15) is 11.2 Å². The van der Waals surface area contributed by atoms with Gasteiger partial charge in [0.05, 0.1) is 26.3 Å². The third kappa shape index (κ3) is 1.23. The molecule has 16 heavy (non-hydrogen) atoms. The summed E-state index contributed by atoms with van der Waals surface area (Å²) in [6, 6.07) is 1.79. The van der Waals surface area contributed by atoms with Gasteiger partial charge in [-0.1, -0.05) is 0 Å². The van der Waals surface area contributed by atoms with Gasteiger partial charge in [-0.25, -0.2) is 0 Å². The van der Waals surface area contributed by atoms with Crippen LogP contribution >= 0.6 is 0 Å². The summed E-state index contributed by atoms with van der Waals surface area (Å²) in [7, 11) is 0. The van der Waals surface area contributed by atoms with Crippen molar-refractivity contribution in [3.8, 4) is 5.95 Å². The van der Waals surface area contributed by atoms with Crippen LogP contribution in [0, 0.1) is 0 Å². The summed E-state index contributed by atoms with van der Waals surface area (Å²) < 4.78 is 12.3. The molecule has 2 aromatic rings. The molecule has 3 heterocycles. The van der Waals surface area contributed by atoms with Crippen molar-refractivity contribution in [1.82, 2.24) is 4.68 Å². The fraction of sp³-hybridized carbons (Fsp3) is 0.400. The van der Waals surface area contributed by atoms with Gasteiger partial charge in [-0.05, 0) is 0 Å². The van der Waals surface area contributed by atoms with Crippen LogP contribution in [-0.2, 0) is 4.74 Å². The fourth-order valence-electron chi connectivity index (χ4n) is 2.01. The van der Waals surface area contributed by atoms with Gasteiger partial charge in [0.15, 0.2) is 5.58 Å². The van der Waals surface area contributed by atoms with Crippen LogP contribution in [0.5, 0.6) is 5.95 Å². The number of nitrogen functional groups attached to an aromatic ring is 1. The van der Waals surface area contributed by atoms with E-state index in [1.54, 1.807) is 6.07 Å². The standard InChI is InChI=1S/C10H13N3O3/c11-8-9-7(16-10(8)14)1-2-13(9)12-3-5-15-6-4-12/h1-2,14H,3-6,11H2. The van der Waals surface area contributed by atoms with Crippen molar-refractivity contribution in [2.45, 2.75) is 0 Å². The molecule has 1 fully saturated rings. The van der Waals surface area contributed by atoms with E-state index in [9.17, 15) is 5.11 Å². The fourth-order valence-corrected chi connectivity index (χ4v) is 2.01. The Hall–Kier alpha value is -1.82. The number of nitrogens with zero attached hydrogens (tertiary/aromatic N) is 2. The highest BCUT2D eigenvalue weighted by Gasteiger charge is 2.19. The van der Waals surface area contributed by atoms with Gasteiger partial charge >= 0.3 is 5.95 Å². The van der Waals surface area contributed by atoms with Gasteiger partial charge in [0.2, 0.25) is 0 Å². The number of furan rings is 1. The highest BCUT2D eigenvalue weighted by Crippen LogP contribution is 2.34. The van der Waals surface area contributed by atoms with E-state index < -0.39 is 0 Å². The molecule has 0 spiro atoms. The number of rotatable bonds is 1. The number of ether oxygens (including phenoxy) is 1. The van der Waals surface area contributed by atoms with Crippen LogP contribution in [0.4, 0.5) is 5.69 Å². The maximum absolute atomic E-state index is 9.41. The second kappa shape index (κ2) is 3.34. The number of hydrogen-bond acceptors (Lipinski definition) is 5. The molecular formula is C10H13N3O3. The van der Waals surface area contributed by atoms with E-state index in [4.69, 9.17) is 14.9 Å². The molecule has 0 radical (unpaired) electrons. The molecule has 0 aromatic carbocycles. The topological polar surface area (TPSA) is 76.8 Å². The maximum atomic E-state index is 9.41. The van der Waals surface area contributed by atoms with Gasteiger partial charge in [-0.15, -0.1) is 0 Å². The summed E-state index contributed by atoms with van der Waals surface area (Å²) in [5.41, 5.74) is 7.37. The summed E-state index contributed by atoms with van der Waals surface area (Å²) in [4.78, 5) is 0. The minimum Gasteiger partial charge on any atom is -0.479 e. The number of aromatic nitrogens is 1. The third-order valence-electron chi connectivity index (χ3n) is 2.81. The normalized spacial score (nSPS) is 17.1. The van der Waals surface area contributed by atoms with Crippen molar-refractivity contribution in [2.75, 3.05) is 37.0 Å². The molecule has 0 atom stereocenters. The van der Waals surface area contributed by atoms with E-state index in [-0.39, 0.29) is 11.6 Å². The van der Waals surface area contributed by atoms with Crippen molar-refractivity contribution >= 4 is 16.8 Å². The molecule has 6 heteroatoms.